The lowest BCUT2D eigenvalue weighted by molar-refractivity contribution is -0.286. The molecule has 3 aromatic rings. The van der Waals surface area contributed by atoms with Crippen molar-refractivity contribution in [3.63, 3.8) is 0 Å². The van der Waals surface area contributed by atoms with Crippen LogP contribution < -0.4 is 14.8 Å². The molecule has 31 heavy (non-hydrogen) atoms. The molecule has 8 nitrogen and oxygen atoms in total. The predicted molar refractivity (Wildman–Crippen MR) is 101 cm³/mol. The van der Waals surface area contributed by atoms with E-state index >= 15 is 0 Å². The van der Waals surface area contributed by atoms with Gasteiger partial charge >= 0.3 is 12.8 Å². The molecule has 0 radical (unpaired) electrons. The number of benzene rings is 1. The Bertz CT molecular complexity index is 1090. The summed E-state index contributed by atoms with van der Waals surface area (Å²) >= 11 is 6.08. The lowest BCUT2D eigenvalue weighted by Crippen LogP contribution is -2.25. The van der Waals surface area contributed by atoms with Gasteiger partial charge in [-0.25, -0.2) is 4.98 Å². The summed E-state index contributed by atoms with van der Waals surface area (Å²) in [6, 6.07) is 3.48. The first-order valence-corrected chi connectivity index (χ1v) is 9.16. The van der Waals surface area contributed by atoms with E-state index in [9.17, 15) is 22.4 Å². The second-order valence-corrected chi connectivity index (χ2v) is 6.03. The van der Waals surface area contributed by atoms with E-state index < -0.39 is 18.8 Å². The summed E-state index contributed by atoms with van der Waals surface area (Å²) in [4.78, 5) is 20.1. The van der Waals surface area contributed by atoms with Gasteiger partial charge in [0.2, 0.25) is 0 Å². The maximum absolute atomic E-state index is 13.2. The van der Waals surface area contributed by atoms with Gasteiger partial charge in [0, 0.05) is 17.8 Å². The van der Waals surface area contributed by atoms with Gasteiger partial charge in [-0.3, -0.25) is 9.78 Å². The quantitative estimate of drug-likeness (QED) is 0.553. The highest BCUT2D eigenvalue weighted by Gasteiger charge is 2.43. The van der Waals surface area contributed by atoms with Crippen LogP contribution in [0.4, 0.5) is 23.4 Å². The Kier molecular flexibility index (Phi) is 6.29. The number of halogens is 5. The third-order valence-electron chi connectivity index (χ3n) is 3.75. The molecule has 0 fully saturated rings. The summed E-state index contributed by atoms with van der Waals surface area (Å²) in [5, 5.41) is 5.71. The van der Waals surface area contributed by atoms with Crippen molar-refractivity contribution in [2.45, 2.75) is 26.7 Å². The molecule has 0 atom stereocenters. The number of nitrogens with one attached hydrogen (secondary N) is 1. The lowest BCUT2D eigenvalue weighted by Gasteiger charge is -2.08. The van der Waals surface area contributed by atoms with Crippen molar-refractivity contribution >= 4 is 23.3 Å². The van der Waals surface area contributed by atoms with Crippen LogP contribution >= 0.6 is 11.6 Å². The molecule has 0 unspecified atom stereocenters. The van der Waals surface area contributed by atoms with Crippen LogP contribution in [0.5, 0.6) is 11.5 Å². The second-order valence-electron chi connectivity index (χ2n) is 5.63. The number of hydrogen-bond acceptors (Lipinski definition) is 6. The minimum atomic E-state index is -3.80. The van der Waals surface area contributed by atoms with Crippen molar-refractivity contribution in [3.05, 3.63) is 47.5 Å². The highest BCUT2D eigenvalue weighted by atomic mass is 35.5. The molecule has 1 aliphatic rings. The van der Waals surface area contributed by atoms with Gasteiger partial charge in [0.25, 0.3) is 5.91 Å². The molecular formula is C18H14ClF4N5O3. The van der Waals surface area contributed by atoms with E-state index in [1.54, 1.807) is 0 Å². The minimum absolute atomic E-state index is 0.0378. The molecule has 0 bridgehead atoms. The Morgan fingerprint density at radius 1 is 1.16 bits per heavy atom. The summed E-state index contributed by atoms with van der Waals surface area (Å²) in [6.07, 6.45) is -0.386. The molecule has 164 valence electrons. The highest BCUT2D eigenvalue weighted by Crippen LogP contribution is 2.45. The number of carbonyl (C=O) groups is 1. The Hall–Kier alpha value is -3.41. The fourth-order valence-electron chi connectivity index (χ4n) is 2.53. The first kappa shape index (κ1) is 22.3. The minimum Gasteiger partial charge on any atom is -0.395 e. The molecule has 1 aliphatic heterocycles. The maximum Gasteiger partial charge on any atom is 0.586 e. The van der Waals surface area contributed by atoms with Crippen LogP contribution in [0.25, 0.3) is 11.3 Å². The van der Waals surface area contributed by atoms with Gasteiger partial charge in [-0.1, -0.05) is 25.4 Å². The molecule has 2 aromatic heterocycles. The van der Waals surface area contributed by atoms with Crippen molar-refractivity contribution in [1.82, 2.24) is 19.7 Å². The molecule has 0 aliphatic carbocycles. The zero-order chi connectivity index (χ0) is 22.8. The Morgan fingerprint density at radius 2 is 1.84 bits per heavy atom. The molecule has 3 heterocycles. The van der Waals surface area contributed by atoms with E-state index in [2.05, 4.69) is 29.9 Å². The molecule has 1 N–H and O–H groups in total. The van der Waals surface area contributed by atoms with Gasteiger partial charge in [-0.15, -0.1) is 8.78 Å². The number of ether oxygens (including phenoxy) is 2. The van der Waals surface area contributed by atoms with Crippen LogP contribution in [0.3, 0.4) is 0 Å². The van der Waals surface area contributed by atoms with Crippen LogP contribution in [0.2, 0.25) is 5.02 Å². The average molecular weight is 460 g/mol. The monoisotopic (exact) mass is 459 g/mol. The fourth-order valence-corrected chi connectivity index (χ4v) is 2.78. The number of rotatable bonds is 4. The smallest absolute Gasteiger partial charge is 0.395 e. The molecule has 1 aromatic carbocycles. The lowest BCUT2D eigenvalue weighted by atomic mass is 10.1. The summed E-state index contributed by atoms with van der Waals surface area (Å²) in [5.41, 5.74) is 0.0470. The van der Waals surface area contributed by atoms with Crippen molar-refractivity contribution in [2.24, 2.45) is 0 Å². The van der Waals surface area contributed by atoms with Gasteiger partial charge < -0.3 is 14.8 Å². The number of nitrogens with zero attached hydrogens (tertiary/aromatic N) is 4. The topological polar surface area (TPSA) is 91.2 Å². The predicted octanol–water partition coefficient (Wildman–Crippen LogP) is 4.99. The van der Waals surface area contributed by atoms with Crippen LogP contribution in [-0.4, -0.2) is 32.0 Å². The first-order valence-electron chi connectivity index (χ1n) is 8.78. The van der Waals surface area contributed by atoms with Crippen molar-refractivity contribution in [1.29, 1.82) is 0 Å². The van der Waals surface area contributed by atoms with E-state index in [4.69, 9.17) is 11.6 Å². The number of aromatic nitrogens is 4. The third-order valence-corrected chi connectivity index (χ3v) is 4.06. The fraction of sp³-hybridized carbons (Fsp3) is 0.222. The van der Waals surface area contributed by atoms with Crippen LogP contribution in [0.1, 0.15) is 30.9 Å². The number of fused-ring (bicyclic) bond motifs is 1. The van der Waals surface area contributed by atoms with Crippen LogP contribution in [0.15, 0.2) is 36.8 Å². The van der Waals surface area contributed by atoms with Gasteiger partial charge in [0.05, 0.1) is 23.1 Å². The van der Waals surface area contributed by atoms with E-state index in [0.717, 1.165) is 24.5 Å². The van der Waals surface area contributed by atoms with Crippen molar-refractivity contribution in [2.75, 3.05) is 5.32 Å². The number of amides is 1. The van der Waals surface area contributed by atoms with Gasteiger partial charge in [-0.05, 0) is 12.1 Å². The third kappa shape index (κ3) is 4.68. The number of carbonyl (C=O) groups excluding carboxylic acids is 1. The Balaban J connectivity index is 0.00000132. The molecule has 0 spiro atoms. The SMILES string of the molecule is CC.O=C(Nc1cnc(-c2cc3c(cc2Cl)OC(F)(F)O3)cn1)c1ccnn1C(F)F. The van der Waals surface area contributed by atoms with Crippen LogP contribution in [0, 0.1) is 0 Å². The highest BCUT2D eigenvalue weighted by molar-refractivity contribution is 6.33. The number of alkyl halides is 4. The maximum atomic E-state index is 13.2. The summed E-state index contributed by atoms with van der Waals surface area (Å²) in [7, 11) is 0. The standard InChI is InChI=1S/C16H8ClF4N5O3.C2H6/c17-8-4-12-11(28-16(20,21)29-12)3-7(8)9-5-23-13(6-22-9)25-14(27)10-1-2-24-26(10)15(18)19;1-2/h1-6,15H,(H,23,25,27);1-2H3. The van der Waals surface area contributed by atoms with Crippen molar-refractivity contribution in [3.8, 4) is 22.8 Å². The zero-order valence-electron chi connectivity index (χ0n) is 15.9. The van der Waals surface area contributed by atoms with E-state index in [0.29, 0.717) is 0 Å². The molecule has 0 saturated heterocycles. The molecule has 4 rings (SSSR count). The van der Waals surface area contributed by atoms with Gasteiger partial charge in [0.1, 0.15) is 5.69 Å². The largest absolute Gasteiger partial charge is 0.586 e. The zero-order valence-corrected chi connectivity index (χ0v) is 16.7. The van der Waals surface area contributed by atoms with Gasteiger partial charge in [-0.2, -0.15) is 18.6 Å². The summed E-state index contributed by atoms with van der Waals surface area (Å²) in [6.45, 7) is 1.01. The number of anilines is 1. The molecule has 0 saturated carbocycles. The van der Waals surface area contributed by atoms with Gasteiger partial charge in [0.15, 0.2) is 17.3 Å². The first-order chi connectivity index (χ1) is 14.7. The van der Waals surface area contributed by atoms with E-state index in [-0.39, 0.29) is 44.0 Å². The van der Waals surface area contributed by atoms with E-state index in [1.807, 2.05) is 13.8 Å². The normalized spacial score (nSPS) is 13.5. The number of hydrogen-bond donors (Lipinski definition) is 1. The summed E-state index contributed by atoms with van der Waals surface area (Å²) < 4.78 is 60.8. The average Bonchev–Trinajstić information content (AvgIpc) is 3.33. The summed E-state index contributed by atoms with van der Waals surface area (Å²) in [5.74, 6) is -1.36. The Morgan fingerprint density at radius 3 is 2.45 bits per heavy atom. The molecule has 13 heteroatoms. The Labute approximate surface area is 177 Å². The molecule has 1 amide bonds. The van der Waals surface area contributed by atoms with E-state index in [1.165, 1.54) is 12.3 Å². The molecular weight excluding hydrogens is 446 g/mol. The van der Waals surface area contributed by atoms with Crippen LogP contribution in [-0.2, 0) is 0 Å². The van der Waals surface area contributed by atoms with Crippen molar-refractivity contribution < 1.29 is 31.8 Å². The second kappa shape index (κ2) is 8.76.